The summed E-state index contributed by atoms with van der Waals surface area (Å²) in [6, 6.07) is 2.22. The van der Waals surface area contributed by atoms with Gasteiger partial charge in [-0.2, -0.15) is 0 Å². The monoisotopic (exact) mass is 234 g/mol. The van der Waals surface area contributed by atoms with Crippen LogP contribution in [-0.4, -0.2) is 26.7 Å². The van der Waals surface area contributed by atoms with E-state index in [-0.39, 0.29) is 0 Å². The van der Waals surface area contributed by atoms with Gasteiger partial charge in [0.05, 0.1) is 18.8 Å². The largest absolute Gasteiger partial charge is 0.407 e. The second-order valence-corrected chi connectivity index (χ2v) is 3.34. The van der Waals surface area contributed by atoms with Crippen molar-refractivity contribution in [3.63, 3.8) is 0 Å². The maximum Gasteiger partial charge on any atom is 0.315 e. The summed E-state index contributed by atoms with van der Waals surface area (Å²) in [6.07, 6.45) is 3.19. The summed E-state index contributed by atoms with van der Waals surface area (Å²) >= 11 is 0. The second kappa shape index (κ2) is 5.90. The van der Waals surface area contributed by atoms with Crippen molar-refractivity contribution in [2.75, 3.05) is 11.9 Å². The zero-order chi connectivity index (χ0) is 11.9. The van der Waals surface area contributed by atoms with Crippen molar-refractivity contribution in [2.24, 2.45) is 0 Å². The number of hydrogen-bond acceptors (Lipinski definition) is 7. The lowest BCUT2D eigenvalue weighted by Gasteiger charge is -1.99. The molecule has 0 bridgehead atoms. The van der Waals surface area contributed by atoms with Gasteiger partial charge in [-0.25, -0.2) is 9.97 Å². The Bertz CT molecular complexity index is 443. The first-order valence-corrected chi connectivity index (χ1v) is 5.40. The minimum Gasteiger partial charge on any atom is -0.407 e. The summed E-state index contributed by atoms with van der Waals surface area (Å²) in [5.74, 6) is 0.567. The fourth-order valence-corrected chi connectivity index (χ4v) is 1.22. The second-order valence-electron chi connectivity index (χ2n) is 3.34. The molecular weight excluding hydrogens is 220 g/mol. The Hall–Kier alpha value is -2.02. The molecule has 2 aromatic rings. The molecule has 0 spiro atoms. The summed E-state index contributed by atoms with van der Waals surface area (Å²) < 4.78 is 5.37. The summed E-state index contributed by atoms with van der Waals surface area (Å²) in [7, 11) is 0. The summed E-state index contributed by atoms with van der Waals surface area (Å²) in [5, 5.41) is 13.9. The molecule has 2 N–H and O–H groups in total. The number of anilines is 1. The van der Waals surface area contributed by atoms with Crippen LogP contribution in [0.3, 0.4) is 0 Å². The standard InChI is InChI=1S/C10H14N6O/c1-2-11-6-9-15-16-10(17-9)13-5-8-3-4-12-7-14-8/h3-4,7,11H,2,5-6H2,1H3,(H,13,16). The molecular formula is C10H14N6O. The van der Waals surface area contributed by atoms with E-state index in [1.165, 1.54) is 6.33 Å². The third-order valence-electron chi connectivity index (χ3n) is 2.06. The van der Waals surface area contributed by atoms with Crippen LogP contribution in [0.25, 0.3) is 0 Å². The van der Waals surface area contributed by atoms with E-state index in [2.05, 4.69) is 30.8 Å². The molecule has 90 valence electrons. The van der Waals surface area contributed by atoms with Gasteiger partial charge < -0.3 is 15.1 Å². The highest BCUT2D eigenvalue weighted by atomic mass is 16.4. The van der Waals surface area contributed by atoms with Crippen LogP contribution in [0.5, 0.6) is 0 Å². The van der Waals surface area contributed by atoms with Crippen molar-refractivity contribution in [3.8, 4) is 0 Å². The van der Waals surface area contributed by atoms with E-state index < -0.39 is 0 Å². The fraction of sp³-hybridized carbons (Fsp3) is 0.400. The molecule has 0 unspecified atom stereocenters. The molecule has 0 aliphatic carbocycles. The third kappa shape index (κ3) is 3.49. The Labute approximate surface area is 98.7 Å². The van der Waals surface area contributed by atoms with E-state index in [1.54, 1.807) is 6.20 Å². The van der Waals surface area contributed by atoms with E-state index in [9.17, 15) is 0 Å². The van der Waals surface area contributed by atoms with Gasteiger partial charge in [0.1, 0.15) is 6.33 Å². The van der Waals surface area contributed by atoms with Gasteiger partial charge in [0.15, 0.2) is 0 Å². The number of aromatic nitrogens is 4. The normalized spacial score (nSPS) is 10.4. The van der Waals surface area contributed by atoms with Gasteiger partial charge in [0.25, 0.3) is 0 Å². The Morgan fingerprint density at radius 1 is 1.29 bits per heavy atom. The van der Waals surface area contributed by atoms with Crippen LogP contribution in [0.4, 0.5) is 6.01 Å². The molecule has 0 fully saturated rings. The minimum absolute atomic E-state index is 0.400. The predicted molar refractivity (Wildman–Crippen MR) is 61.0 cm³/mol. The first-order valence-electron chi connectivity index (χ1n) is 5.40. The maximum absolute atomic E-state index is 5.37. The van der Waals surface area contributed by atoms with E-state index in [0.717, 1.165) is 12.2 Å². The number of hydrogen-bond donors (Lipinski definition) is 2. The predicted octanol–water partition coefficient (Wildman–Crippen LogP) is 0.581. The molecule has 0 saturated heterocycles. The van der Waals surface area contributed by atoms with Crippen LogP contribution in [0, 0.1) is 0 Å². The van der Waals surface area contributed by atoms with Crippen molar-refractivity contribution in [1.82, 2.24) is 25.5 Å². The summed E-state index contributed by atoms with van der Waals surface area (Å²) in [4.78, 5) is 7.91. The van der Waals surface area contributed by atoms with E-state index in [0.29, 0.717) is 25.0 Å². The van der Waals surface area contributed by atoms with Crippen molar-refractivity contribution in [2.45, 2.75) is 20.0 Å². The van der Waals surface area contributed by atoms with E-state index in [1.807, 2.05) is 13.0 Å². The van der Waals surface area contributed by atoms with Crippen LogP contribution >= 0.6 is 0 Å². The van der Waals surface area contributed by atoms with E-state index >= 15 is 0 Å². The fourth-order valence-electron chi connectivity index (χ4n) is 1.22. The van der Waals surface area contributed by atoms with Crippen molar-refractivity contribution in [1.29, 1.82) is 0 Å². The van der Waals surface area contributed by atoms with Gasteiger partial charge >= 0.3 is 6.01 Å². The molecule has 2 heterocycles. The Morgan fingerprint density at radius 2 is 2.24 bits per heavy atom. The molecule has 0 aromatic carbocycles. The molecule has 0 aliphatic heterocycles. The molecule has 2 aromatic heterocycles. The van der Waals surface area contributed by atoms with Gasteiger partial charge in [-0.05, 0) is 12.6 Å². The Balaban J connectivity index is 1.85. The third-order valence-corrected chi connectivity index (χ3v) is 2.06. The van der Waals surface area contributed by atoms with Crippen LogP contribution in [0.1, 0.15) is 18.5 Å². The first-order chi connectivity index (χ1) is 8.38. The molecule has 0 saturated carbocycles. The van der Waals surface area contributed by atoms with E-state index in [4.69, 9.17) is 4.42 Å². The maximum atomic E-state index is 5.37. The molecule has 7 nitrogen and oxygen atoms in total. The molecule has 0 radical (unpaired) electrons. The highest BCUT2D eigenvalue weighted by Crippen LogP contribution is 2.06. The lowest BCUT2D eigenvalue weighted by molar-refractivity contribution is 0.481. The van der Waals surface area contributed by atoms with Crippen LogP contribution in [-0.2, 0) is 13.1 Å². The average Bonchev–Trinajstić information content (AvgIpc) is 2.83. The van der Waals surface area contributed by atoms with Crippen molar-refractivity contribution < 1.29 is 4.42 Å². The quantitative estimate of drug-likeness (QED) is 0.755. The lowest BCUT2D eigenvalue weighted by atomic mass is 10.4. The zero-order valence-electron chi connectivity index (χ0n) is 9.55. The Kier molecular flexibility index (Phi) is 3.98. The molecule has 0 amide bonds. The van der Waals surface area contributed by atoms with Gasteiger partial charge in [-0.15, -0.1) is 5.10 Å². The smallest absolute Gasteiger partial charge is 0.315 e. The van der Waals surface area contributed by atoms with Gasteiger partial charge in [-0.1, -0.05) is 12.0 Å². The number of rotatable bonds is 6. The molecule has 17 heavy (non-hydrogen) atoms. The molecule has 7 heteroatoms. The first kappa shape index (κ1) is 11.5. The van der Waals surface area contributed by atoms with Crippen LogP contribution in [0.15, 0.2) is 23.0 Å². The lowest BCUT2D eigenvalue weighted by Crippen LogP contribution is -2.11. The highest BCUT2D eigenvalue weighted by molar-refractivity contribution is 5.19. The molecule has 2 rings (SSSR count). The average molecular weight is 234 g/mol. The topological polar surface area (TPSA) is 88.8 Å². The highest BCUT2D eigenvalue weighted by Gasteiger charge is 2.04. The zero-order valence-corrected chi connectivity index (χ0v) is 9.55. The van der Waals surface area contributed by atoms with Gasteiger partial charge in [0.2, 0.25) is 5.89 Å². The number of nitrogens with zero attached hydrogens (tertiary/aromatic N) is 4. The molecule has 0 aliphatic rings. The molecule has 0 atom stereocenters. The number of nitrogens with one attached hydrogen (secondary N) is 2. The SMILES string of the molecule is CCNCc1nnc(NCc2ccncn2)o1. The Morgan fingerprint density at radius 3 is 3.00 bits per heavy atom. The van der Waals surface area contributed by atoms with Crippen molar-refractivity contribution >= 4 is 6.01 Å². The van der Waals surface area contributed by atoms with Gasteiger partial charge in [0, 0.05) is 6.20 Å². The minimum atomic E-state index is 0.400. The van der Waals surface area contributed by atoms with Gasteiger partial charge in [-0.3, -0.25) is 0 Å². The summed E-state index contributed by atoms with van der Waals surface area (Å²) in [5.41, 5.74) is 0.867. The van der Waals surface area contributed by atoms with Crippen LogP contribution in [0.2, 0.25) is 0 Å². The summed E-state index contributed by atoms with van der Waals surface area (Å²) in [6.45, 7) is 4.00. The van der Waals surface area contributed by atoms with Crippen molar-refractivity contribution in [3.05, 3.63) is 30.2 Å². The van der Waals surface area contributed by atoms with Crippen LogP contribution < -0.4 is 10.6 Å².